The van der Waals surface area contributed by atoms with Gasteiger partial charge in [0.15, 0.2) is 5.82 Å². The molecule has 0 saturated carbocycles. The Hall–Kier alpha value is -2.96. The largest absolute Gasteiger partial charge is 0.350 e. The first-order chi connectivity index (χ1) is 11.6. The highest BCUT2D eigenvalue weighted by Gasteiger charge is 2.20. The molecule has 1 aromatic carbocycles. The molecule has 0 spiro atoms. The van der Waals surface area contributed by atoms with E-state index in [-0.39, 0.29) is 17.7 Å². The van der Waals surface area contributed by atoms with Crippen LogP contribution in [0.4, 0.5) is 0 Å². The van der Waals surface area contributed by atoms with Crippen molar-refractivity contribution in [3.8, 4) is 11.3 Å². The summed E-state index contributed by atoms with van der Waals surface area (Å²) in [6.07, 6.45) is 1.67. The zero-order valence-corrected chi connectivity index (χ0v) is 13.9. The number of aromatic nitrogens is 4. The van der Waals surface area contributed by atoms with E-state index in [9.17, 15) is 4.79 Å². The Labute approximate surface area is 139 Å². The maximum atomic E-state index is 12.5. The molecule has 0 radical (unpaired) electrons. The van der Waals surface area contributed by atoms with Crippen LogP contribution in [0.15, 0.2) is 47.2 Å². The van der Waals surface area contributed by atoms with E-state index in [1.807, 2.05) is 48.7 Å². The van der Waals surface area contributed by atoms with Crippen molar-refractivity contribution >= 4 is 5.91 Å². The minimum absolute atomic E-state index is 0.201. The van der Waals surface area contributed by atoms with Gasteiger partial charge in [0.25, 0.3) is 5.91 Å². The van der Waals surface area contributed by atoms with Gasteiger partial charge in [-0.3, -0.25) is 4.79 Å². The zero-order chi connectivity index (χ0) is 17.1. The molecule has 24 heavy (non-hydrogen) atoms. The lowest BCUT2D eigenvalue weighted by Crippen LogP contribution is -2.27. The Morgan fingerprint density at radius 2 is 2.04 bits per heavy atom. The van der Waals surface area contributed by atoms with Crippen molar-refractivity contribution in [1.29, 1.82) is 0 Å². The third-order valence-electron chi connectivity index (χ3n) is 3.72. The van der Waals surface area contributed by atoms with Crippen LogP contribution in [0.2, 0.25) is 0 Å². The first-order valence-electron chi connectivity index (χ1n) is 7.72. The maximum Gasteiger partial charge on any atom is 0.292 e. The van der Waals surface area contributed by atoms with Crippen molar-refractivity contribution in [3.63, 3.8) is 0 Å². The molecular weight excluding hydrogens is 306 g/mol. The lowest BCUT2D eigenvalue weighted by Gasteiger charge is -2.16. The van der Waals surface area contributed by atoms with Gasteiger partial charge in [-0.05, 0) is 13.8 Å². The number of carbonyl (C=O) groups is 1. The predicted octanol–water partition coefficient (Wildman–Crippen LogP) is 2.79. The summed E-state index contributed by atoms with van der Waals surface area (Å²) in [4.78, 5) is 14.1. The van der Waals surface area contributed by atoms with Gasteiger partial charge in [0.2, 0.25) is 5.76 Å². The van der Waals surface area contributed by atoms with Crippen LogP contribution in [0.5, 0.6) is 0 Å². The molecule has 2 heterocycles. The van der Waals surface area contributed by atoms with Crippen LogP contribution in [0.25, 0.3) is 11.3 Å². The summed E-state index contributed by atoms with van der Waals surface area (Å²) in [6.45, 7) is 4.42. The molecule has 0 N–H and O–H groups in total. The summed E-state index contributed by atoms with van der Waals surface area (Å²) in [5, 5.41) is 12.0. The Bertz CT molecular complexity index is 822. The molecule has 0 atom stereocenters. The van der Waals surface area contributed by atoms with Crippen molar-refractivity contribution in [2.24, 2.45) is 0 Å². The minimum atomic E-state index is -0.247. The topological polar surface area (TPSA) is 77.1 Å². The quantitative estimate of drug-likeness (QED) is 0.721. The van der Waals surface area contributed by atoms with Gasteiger partial charge in [0, 0.05) is 24.7 Å². The number of nitrogens with zero attached hydrogens (tertiary/aromatic N) is 5. The van der Waals surface area contributed by atoms with Gasteiger partial charge in [-0.2, -0.15) is 0 Å². The van der Waals surface area contributed by atoms with Crippen molar-refractivity contribution in [1.82, 2.24) is 24.8 Å². The number of benzene rings is 1. The van der Waals surface area contributed by atoms with E-state index >= 15 is 0 Å². The summed E-state index contributed by atoms with van der Waals surface area (Å²) in [5.41, 5.74) is 1.54. The Balaban J connectivity index is 1.74. The molecular formula is C17H19N5O2. The number of carbonyl (C=O) groups excluding carboxylic acids is 1. The fourth-order valence-corrected chi connectivity index (χ4v) is 2.40. The number of hydrogen-bond donors (Lipinski definition) is 0. The summed E-state index contributed by atoms with van der Waals surface area (Å²) in [5.74, 6) is 0.679. The maximum absolute atomic E-state index is 12.5. The standard InChI is InChI=1S/C17H19N5O2/c1-12(2)22-11-18-19-16(22)10-21(3)17(23)15-9-14(20-24-15)13-7-5-4-6-8-13/h4-9,11-12H,10H2,1-3H3. The third kappa shape index (κ3) is 3.19. The van der Waals surface area contributed by atoms with Crippen LogP contribution in [-0.2, 0) is 6.54 Å². The van der Waals surface area contributed by atoms with Gasteiger partial charge in [-0.15, -0.1) is 10.2 Å². The molecule has 3 rings (SSSR count). The van der Waals surface area contributed by atoms with Gasteiger partial charge in [0.1, 0.15) is 12.0 Å². The molecule has 7 heteroatoms. The molecule has 0 aliphatic heterocycles. The van der Waals surface area contributed by atoms with Crippen LogP contribution < -0.4 is 0 Å². The molecule has 3 aromatic rings. The van der Waals surface area contributed by atoms with Crippen LogP contribution in [-0.4, -0.2) is 37.8 Å². The summed E-state index contributed by atoms with van der Waals surface area (Å²) < 4.78 is 7.14. The van der Waals surface area contributed by atoms with Crippen molar-refractivity contribution in [3.05, 3.63) is 54.3 Å². The smallest absolute Gasteiger partial charge is 0.292 e. The van der Waals surface area contributed by atoms with E-state index in [2.05, 4.69) is 15.4 Å². The Morgan fingerprint density at radius 1 is 1.29 bits per heavy atom. The average molecular weight is 325 g/mol. The molecule has 124 valence electrons. The third-order valence-corrected chi connectivity index (χ3v) is 3.72. The Kier molecular flexibility index (Phi) is 4.41. The molecule has 0 bridgehead atoms. The van der Waals surface area contributed by atoms with Crippen LogP contribution in [0.3, 0.4) is 0 Å². The predicted molar refractivity (Wildman–Crippen MR) is 88.1 cm³/mol. The van der Waals surface area contributed by atoms with E-state index in [1.165, 1.54) is 4.90 Å². The second-order valence-corrected chi connectivity index (χ2v) is 5.85. The van der Waals surface area contributed by atoms with E-state index in [0.717, 1.165) is 11.4 Å². The summed E-state index contributed by atoms with van der Waals surface area (Å²) in [7, 11) is 1.70. The van der Waals surface area contributed by atoms with Gasteiger partial charge in [0.05, 0.1) is 6.54 Å². The summed E-state index contributed by atoms with van der Waals surface area (Å²) >= 11 is 0. The zero-order valence-electron chi connectivity index (χ0n) is 13.9. The van der Waals surface area contributed by atoms with Gasteiger partial charge in [-0.1, -0.05) is 35.5 Å². The van der Waals surface area contributed by atoms with E-state index < -0.39 is 0 Å². The Morgan fingerprint density at radius 3 is 2.75 bits per heavy atom. The molecule has 0 aliphatic rings. The number of hydrogen-bond acceptors (Lipinski definition) is 5. The van der Waals surface area contributed by atoms with Crippen LogP contribution in [0, 0.1) is 0 Å². The fourth-order valence-electron chi connectivity index (χ4n) is 2.40. The SMILES string of the molecule is CC(C)n1cnnc1CN(C)C(=O)c1cc(-c2ccccc2)no1. The van der Waals surface area contributed by atoms with Crippen molar-refractivity contribution in [2.45, 2.75) is 26.4 Å². The number of rotatable bonds is 5. The second-order valence-electron chi connectivity index (χ2n) is 5.85. The highest BCUT2D eigenvalue weighted by atomic mass is 16.5. The molecule has 0 saturated heterocycles. The minimum Gasteiger partial charge on any atom is -0.350 e. The molecule has 2 aromatic heterocycles. The lowest BCUT2D eigenvalue weighted by atomic mass is 10.1. The van der Waals surface area contributed by atoms with Crippen LogP contribution >= 0.6 is 0 Å². The second kappa shape index (κ2) is 6.66. The fraction of sp³-hybridized carbons (Fsp3) is 0.294. The lowest BCUT2D eigenvalue weighted by molar-refractivity contribution is 0.0738. The highest BCUT2D eigenvalue weighted by molar-refractivity contribution is 5.92. The normalized spacial score (nSPS) is 11.0. The van der Waals surface area contributed by atoms with Gasteiger partial charge < -0.3 is 14.0 Å². The first-order valence-corrected chi connectivity index (χ1v) is 7.72. The highest BCUT2D eigenvalue weighted by Crippen LogP contribution is 2.19. The van der Waals surface area contributed by atoms with Crippen molar-refractivity contribution < 1.29 is 9.32 Å². The molecule has 1 amide bonds. The molecule has 0 aliphatic carbocycles. The monoisotopic (exact) mass is 325 g/mol. The average Bonchev–Trinajstić information content (AvgIpc) is 3.24. The molecule has 0 unspecified atom stereocenters. The molecule has 7 nitrogen and oxygen atoms in total. The van der Waals surface area contributed by atoms with Crippen LogP contribution in [0.1, 0.15) is 36.3 Å². The van der Waals surface area contributed by atoms with Crippen molar-refractivity contribution in [2.75, 3.05) is 7.05 Å². The number of amides is 1. The summed E-state index contributed by atoms with van der Waals surface area (Å²) in [6, 6.07) is 11.5. The van der Waals surface area contributed by atoms with E-state index in [0.29, 0.717) is 12.2 Å². The van der Waals surface area contributed by atoms with Gasteiger partial charge in [-0.25, -0.2) is 0 Å². The molecule has 0 fully saturated rings. The van der Waals surface area contributed by atoms with E-state index in [1.54, 1.807) is 19.4 Å². The first kappa shape index (κ1) is 15.9. The van der Waals surface area contributed by atoms with E-state index in [4.69, 9.17) is 4.52 Å². The van der Waals surface area contributed by atoms with Gasteiger partial charge >= 0.3 is 0 Å².